The fourth-order valence-corrected chi connectivity index (χ4v) is 6.41. The minimum Gasteiger partial charge on any atom is -0.339 e. The van der Waals surface area contributed by atoms with Gasteiger partial charge < -0.3 is 9.88 Å². The van der Waals surface area contributed by atoms with Crippen LogP contribution < -0.4 is 5.32 Å². The van der Waals surface area contributed by atoms with Crippen LogP contribution in [0.25, 0.3) is 0 Å². The Morgan fingerprint density at radius 2 is 1.90 bits per heavy atom. The summed E-state index contributed by atoms with van der Waals surface area (Å²) < 4.78 is 28.7. The fourth-order valence-electron chi connectivity index (χ4n) is 4.92. The molecular weight excluding hydrogens is 408 g/mol. The van der Waals surface area contributed by atoms with Crippen LogP contribution in [0.3, 0.4) is 0 Å². The van der Waals surface area contributed by atoms with E-state index in [2.05, 4.69) is 58.8 Å². The molecule has 7 heteroatoms. The predicted molar refractivity (Wildman–Crippen MR) is 121 cm³/mol. The highest BCUT2D eigenvalue weighted by atomic mass is 32.2. The van der Waals surface area contributed by atoms with Gasteiger partial charge in [-0.25, -0.2) is 13.4 Å². The third-order valence-corrected chi connectivity index (χ3v) is 8.49. The van der Waals surface area contributed by atoms with Crippen LogP contribution in [0.2, 0.25) is 0 Å². The number of hydrogen-bond donors (Lipinski definition) is 1. The molecule has 0 saturated carbocycles. The van der Waals surface area contributed by atoms with Gasteiger partial charge in [0.1, 0.15) is 0 Å². The van der Waals surface area contributed by atoms with Crippen molar-refractivity contribution in [3.63, 3.8) is 0 Å². The maximum Gasteiger partial charge on any atom is 0.262 e. The van der Waals surface area contributed by atoms with E-state index in [0.29, 0.717) is 25.0 Å². The Morgan fingerprint density at radius 3 is 2.58 bits per heavy atom. The number of sulfonamides is 1. The van der Waals surface area contributed by atoms with Crippen molar-refractivity contribution in [1.29, 1.82) is 0 Å². The van der Waals surface area contributed by atoms with Crippen LogP contribution in [0.15, 0.2) is 66.1 Å². The van der Waals surface area contributed by atoms with Crippen molar-refractivity contribution in [3.8, 4) is 0 Å². The zero-order chi connectivity index (χ0) is 21.6. The Balaban J connectivity index is 1.35. The van der Waals surface area contributed by atoms with E-state index in [1.54, 1.807) is 17.8 Å². The minimum absolute atomic E-state index is 0.127. The van der Waals surface area contributed by atoms with Crippen LogP contribution in [0.5, 0.6) is 0 Å². The molecule has 3 aromatic rings. The van der Waals surface area contributed by atoms with E-state index in [1.165, 1.54) is 32.9 Å². The van der Waals surface area contributed by atoms with E-state index in [9.17, 15) is 8.42 Å². The molecule has 5 rings (SSSR count). The van der Waals surface area contributed by atoms with E-state index in [4.69, 9.17) is 0 Å². The molecule has 2 aromatic carbocycles. The zero-order valence-electron chi connectivity index (χ0n) is 17.9. The summed E-state index contributed by atoms with van der Waals surface area (Å²) in [6.45, 7) is 1.02. The van der Waals surface area contributed by atoms with Crippen molar-refractivity contribution in [2.75, 3.05) is 20.1 Å². The van der Waals surface area contributed by atoms with Crippen LogP contribution in [0.4, 0.5) is 0 Å². The van der Waals surface area contributed by atoms with Crippen molar-refractivity contribution >= 4 is 10.0 Å². The standard InChI is InChI=1S/C24H28N4O2S/c1-25-23-12-19-9-8-18(11-21(19)22(23)10-17-6-4-3-5-7-17)20-13-28(14-20)31(29,30)24-15-27(2)16-26-24/h3-9,11,15-16,20,22-23,25H,10,12-14H2,1-2H3. The first-order valence-corrected chi connectivity index (χ1v) is 12.2. The molecule has 1 N–H and O–H groups in total. The van der Waals surface area contributed by atoms with Crippen molar-refractivity contribution in [2.45, 2.75) is 35.7 Å². The Bertz CT molecular complexity index is 1180. The number of fused-ring (bicyclic) bond motifs is 1. The molecule has 1 aliphatic heterocycles. The molecule has 6 nitrogen and oxygen atoms in total. The summed E-state index contributed by atoms with van der Waals surface area (Å²) in [7, 11) is 0.314. The van der Waals surface area contributed by atoms with Crippen LogP contribution in [0.1, 0.15) is 34.1 Å². The Labute approximate surface area is 184 Å². The highest BCUT2D eigenvalue weighted by Crippen LogP contribution is 2.39. The molecule has 162 valence electrons. The highest BCUT2D eigenvalue weighted by Gasteiger charge is 2.39. The number of likely N-dealkylation sites (N-methyl/N-ethyl adjacent to an activating group) is 1. The van der Waals surface area contributed by atoms with Crippen molar-refractivity contribution in [1.82, 2.24) is 19.2 Å². The molecule has 0 radical (unpaired) electrons. The Morgan fingerprint density at radius 1 is 1.13 bits per heavy atom. The summed E-state index contributed by atoms with van der Waals surface area (Å²) in [4.78, 5) is 4.03. The van der Waals surface area contributed by atoms with Crippen LogP contribution >= 0.6 is 0 Å². The van der Waals surface area contributed by atoms with Gasteiger partial charge >= 0.3 is 0 Å². The Hall–Kier alpha value is -2.48. The van der Waals surface area contributed by atoms with Gasteiger partial charge in [0.15, 0.2) is 5.03 Å². The molecule has 2 atom stereocenters. The topological polar surface area (TPSA) is 67.2 Å². The summed E-state index contributed by atoms with van der Waals surface area (Å²) in [5.74, 6) is 0.658. The lowest BCUT2D eigenvalue weighted by atomic mass is 9.87. The molecule has 0 bridgehead atoms. The zero-order valence-corrected chi connectivity index (χ0v) is 18.7. The maximum absolute atomic E-state index is 12.8. The van der Waals surface area contributed by atoms with Crippen LogP contribution in [-0.4, -0.2) is 48.5 Å². The van der Waals surface area contributed by atoms with Crippen molar-refractivity contribution < 1.29 is 8.42 Å². The molecule has 2 unspecified atom stereocenters. The van der Waals surface area contributed by atoms with Gasteiger partial charge in [0, 0.05) is 44.2 Å². The SMILES string of the molecule is CNC1Cc2ccc(C3CN(S(=O)(=O)c4cn(C)cn4)C3)cc2C1Cc1ccccc1. The second kappa shape index (κ2) is 7.89. The maximum atomic E-state index is 12.8. The molecule has 1 saturated heterocycles. The second-order valence-electron chi connectivity index (χ2n) is 8.75. The third-order valence-electron chi connectivity index (χ3n) is 6.77. The summed E-state index contributed by atoms with van der Waals surface area (Å²) in [6.07, 6.45) is 5.13. The number of imidazole rings is 1. The number of aromatic nitrogens is 2. The van der Waals surface area contributed by atoms with Gasteiger partial charge in [-0.2, -0.15) is 4.31 Å². The van der Waals surface area contributed by atoms with Gasteiger partial charge in [0.2, 0.25) is 0 Å². The number of nitrogens with one attached hydrogen (secondary N) is 1. The molecule has 2 aliphatic rings. The van der Waals surface area contributed by atoms with E-state index in [-0.39, 0.29) is 10.9 Å². The summed E-state index contributed by atoms with van der Waals surface area (Å²) in [6, 6.07) is 17.8. The average molecular weight is 437 g/mol. The smallest absolute Gasteiger partial charge is 0.262 e. The minimum atomic E-state index is -3.51. The van der Waals surface area contributed by atoms with Crippen LogP contribution in [-0.2, 0) is 29.9 Å². The van der Waals surface area contributed by atoms with Crippen LogP contribution in [0, 0.1) is 0 Å². The van der Waals surface area contributed by atoms with E-state index in [0.717, 1.165) is 12.8 Å². The van der Waals surface area contributed by atoms with Gasteiger partial charge in [0.05, 0.1) is 6.33 Å². The number of aryl methyl sites for hydroxylation is 1. The first kappa shape index (κ1) is 20.4. The van der Waals surface area contributed by atoms with Crippen molar-refractivity contribution in [3.05, 3.63) is 83.3 Å². The van der Waals surface area contributed by atoms with E-state index < -0.39 is 10.0 Å². The molecule has 1 fully saturated rings. The second-order valence-corrected chi connectivity index (χ2v) is 10.6. The number of rotatable bonds is 6. The predicted octanol–water partition coefficient (Wildman–Crippen LogP) is 2.68. The quantitative estimate of drug-likeness (QED) is 0.645. The van der Waals surface area contributed by atoms with Gasteiger partial charge in [-0.15, -0.1) is 0 Å². The first-order valence-electron chi connectivity index (χ1n) is 10.8. The number of hydrogen-bond acceptors (Lipinski definition) is 4. The lowest BCUT2D eigenvalue weighted by Crippen LogP contribution is -2.48. The lowest BCUT2D eigenvalue weighted by Gasteiger charge is -2.38. The summed E-state index contributed by atoms with van der Waals surface area (Å²) in [5.41, 5.74) is 5.40. The van der Waals surface area contributed by atoms with E-state index >= 15 is 0 Å². The molecule has 2 heterocycles. The third kappa shape index (κ3) is 3.71. The molecular formula is C24H28N4O2S. The molecule has 0 spiro atoms. The summed E-state index contributed by atoms with van der Waals surface area (Å²) >= 11 is 0. The number of nitrogens with zero attached hydrogens (tertiary/aromatic N) is 3. The molecule has 31 heavy (non-hydrogen) atoms. The molecule has 1 aliphatic carbocycles. The van der Waals surface area contributed by atoms with Crippen molar-refractivity contribution in [2.24, 2.45) is 7.05 Å². The monoisotopic (exact) mass is 436 g/mol. The number of benzene rings is 2. The molecule has 1 aromatic heterocycles. The average Bonchev–Trinajstić information content (AvgIpc) is 3.32. The largest absolute Gasteiger partial charge is 0.339 e. The first-order chi connectivity index (χ1) is 15.0. The summed E-state index contributed by atoms with van der Waals surface area (Å²) in [5, 5.41) is 3.64. The lowest BCUT2D eigenvalue weighted by molar-refractivity contribution is 0.263. The van der Waals surface area contributed by atoms with Gasteiger partial charge in [0.25, 0.3) is 10.0 Å². The highest BCUT2D eigenvalue weighted by molar-refractivity contribution is 7.89. The normalized spacial score (nSPS) is 21.7. The van der Waals surface area contributed by atoms with Gasteiger partial charge in [-0.1, -0.05) is 48.5 Å². The van der Waals surface area contributed by atoms with Gasteiger partial charge in [-0.3, -0.25) is 0 Å². The fraction of sp³-hybridized carbons (Fsp3) is 0.375. The molecule has 0 amide bonds. The van der Waals surface area contributed by atoms with E-state index in [1.807, 2.05) is 7.05 Å². The van der Waals surface area contributed by atoms with Gasteiger partial charge in [-0.05, 0) is 42.1 Å². The Kier molecular flexibility index (Phi) is 5.20.